The SMILES string of the molecule is CC1CN([C@H]2CC[C@@]23CCN(c2cc(F)c(S(=O)(=O)Nc4cccc(F)n4)c(F)c2Cl)C3)C1. The molecular weight excluding hydrogens is 477 g/mol. The van der Waals surface area contributed by atoms with Crippen LogP contribution in [0.5, 0.6) is 0 Å². The number of nitrogens with one attached hydrogen (secondary N) is 1. The first kappa shape index (κ1) is 22.7. The van der Waals surface area contributed by atoms with Gasteiger partial charge in [0.1, 0.15) is 16.7 Å². The average Bonchev–Trinajstić information content (AvgIpc) is 3.16. The Bertz CT molecular complexity index is 1210. The smallest absolute Gasteiger partial charge is 0.268 e. The summed E-state index contributed by atoms with van der Waals surface area (Å²) in [6, 6.07) is 4.85. The van der Waals surface area contributed by atoms with Crippen LogP contribution in [0, 0.1) is 28.9 Å². The molecule has 5 rings (SSSR count). The fourth-order valence-electron chi connectivity index (χ4n) is 5.53. The van der Waals surface area contributed by atoms with Crippen molar-refractivity contribution < 1.29 is 21.6 Å². The molecule has 178 valence electrons. The summed E-state index contributed by atoms with van der Waals surface area (Å²) in [5.74, 6) is -3.28. The predicted molar refractivity (Wildman–Crippen MR) is 119 cm³/mol. The third-order valence-electron chi connectivity index (χ3n) is 7.20. The van der Waals surface area contributed by atoms with Crippen LogP contribution in [0.15, 0.2) is 29.2 Å². The second kappa shape index (κ2) is 8.02. The molecule has 3 fully saturated rings. The highest BCUT2D eigenvalue weighted by molar-refractivity contribution is 7.92. The molecule has 3 aliphatic rings. The van der Waals surface area contributed by atoms with Crippen LogP contribution in [0.25, 0.3) is 0 Å². The molecule has 11 heteroatoms. The average molecular weight is 501 g/mol. The van der Waals surface area contributed by atoms with Crippen molar-refractivity contribution in [2.75, 3.05) is 35.8 Å². The lowest BCUT2D eigenvalue weighted by Gasteiger charge is -2.57. The molecule has 2 atom stereocenters. The molecule has 0 radical (unpaired) electrons. The van der Waals surface area contributed by atoms with Gasteiger partial charge < -0.3 is 4.90 Å². The molecule has 6 nitrogen and oxygen atoms in total. The van der Waals surface area contributed by atoms with Crippen LogP contribution in [-0.2, 0) is 10.0 Å². The van der Waals surface area contributed by atoms with Crippen molar-refractivity contribution in [3.63, 3.8) is 0 Å². The van der Waals surface area contributed by atoms with Gasteiger partial charge in [0.25, 0.3) is 10.0 Å². The molecule has 0 unspecified atom stereocenters. The summed E-state index contributed by atoms with van der Waals surface area (Å²) in [6.07, 6.45) is 3.07. The monoisotopic (exact) mass is 500 g/mol. The quantitative estimate of drug-likeness (QED) is 0.491. The first-order valence-corrected chi connectivity index (χ1v) is 12.8. The van der Waals surface area contributed by atoms with Crippen molar-refractivity contribution in [1.29, 1.82) is 0 Å². The number of nitrogens with zero attached hydrogens (tertiary/aromatic N) is 3. The predicted octanol–water partition coefficient (Wildman–Crippen LogP) is 4.26. The summed E-state index contributed by atoms with van der Waals surface area (Å²) in [5, 5.41) is -0.450. The number of aromatic nitrogens is 1. The lowest BCUT2D eigenvalue weighted by molar-refractivity contribution is -0.0650. The number of halogens is 4. The van der Waals surface area contributed by atoms with Crippen molar-refractivity contribution in [2.45, 2.75) is 37.1 Å². The molecule has 0 bridgehead atoms. The normalized spacial score (nSPS) is 25.8. The maximum Gasteiger partial charge on any atom is 0.268 e. The van der Waals surface area contributed by atoms with E-state index in [4.69, 9.17) is 11.6 Å². The summed E-state index contributed by atoms with van der Waals surface area (Å²) >= 11 is 6.23. The van der Waals surface area contributed by atoms with E-state index >= 15 is 4.39 Å². The van der Waals surface area contributed by atoms with E-state index < -0.39 is 43.3 Å². The van der Waals surface area contributed by atoms with Crippen molar-refractivity contribution in [3.8, 4) is 0 Å². The molecular formula is C22H24ClF3N4O2S. The van der Waals surface area contributed by atoms with E-state index in [0.29, 0.717) is 25.0 Å². The second-order valence-electron chi connectivity index (χ2n) is 9.43. The Balaban J connectivity index is 1.40. The van der Waals surface area contributed by atoms with E-state index in [-0.39, 0.29) is 11.1 Å². The largest absolute Gasteiger partial charge is 0.370 e. The molecule has 1 aliphatic carbocycles. The van der Waals surface area contributed by atoms with Gasteiger partial charge in [0.05, 0.1) is 5.69 Å². The van der Waals surface area contributed by atoms with Gasteiger partial charge in [0.2, 0.25) is 5.95 Å². The van der Waals surface area contributed by atoms with E-state index in [0.717, 1.165) is 44.5 Å². The highest BCUT2D eigenvalue weighted by Crippen LogP contribution is 2.53. The molecule has 2 aromatic rings. The molecule has 3 heterocycles. The van der Waals surface area contributed by atoms with Crippen molar-refractivity contribution in [3.05, 3.63) is 46.9 Å². The Morgan fingerprint density at radius 1 is 1.21 bits per heavy atom. The Morgan fingerprint density at radius 3 is 2.61 bits per heavy atom. The summed E-state index contributed by atoms with van der Waals surface area (Å²) in [7, 11) is -4.73. The van der Waals surface area contributed by atoms with Crippen molar-refractivity contribution in [2.24, 2.45) is 11.3 Å². The Labute approximate surface area is 195 Å². The van der Waals surface area contributed by atoms with Crippen LogP contribution >= 0.6 is 11.6 Å². The number of pyridine rings is 1. The zero-order valence-electron chi connectivity index (χ0n) is 18.0. The molecule has 1 saturated carbocycles. The van der Waals surface area contributed by atoms with Crippen LogP contribution in [0.1, 0.15) is 26.2 Å². The van der Waals surface area contributed by atoms with Crippen molar-refractivity contribution >= 4 is 33.1 Å². The molecule has 1 N–H and O–H groups in total. The first-order valence-electron chi connectivity index (χ1n) is 10.9. The maximum atomic E-state index is 15.1. The number of hydrogen-bond acceptors (Lipinski definition) is 5. The van der Waals surface area contributed by atoms with Crippen LogP contribution in [0.4, 0.5) is 24.7 Å². The van der Waals surface area contributed by atoms with E-state index in [2.05, 4.69) is 16.8 Å². The lowest BCUT2D eigenvalue weighted by atomic mass is 9.62. The topological polar surface area (TPSA) is 65.5 Å². The van der Waals surface area contributed by atoms with Gasteiger partial charge in [0.15, 0.2) is 10.7 Å². The van der Waals surface area contributed by atoms with E-state index in [1.807, 2.05) is 9.62 Å². The van der Waals surface area contributed by atoms with Crippen LogP contribution in [0.3, 0.4) is 0 Å². The third-order valence-corrected chi connectivity index (χ3v) is 8.95. The fourth-order valence-corrected chi connectivity index (χ4v) is 7.00. The van der Waals surface area contributed by atoms with Gasteiger partial charge in [-0.2, -0.15) is 4.39 Å². The summed E-state index contributed by atoms with van der Waals surface area (Å²) in [6.45, 7) is 5.60. The number of hydrogen-bond donors (Lipinski definition) is 1. The standard InChI is InChI=1S/C22H24ClF3N4O2S/c1-13-10-30(11-13)16-5-6-22(16)7-8-29(12-22)15-9-14(24)21(20(26)19(15)23)33(31,32)28-18-4-2-3-17(25)27-18/h2-4,9,13,16H,5-8,10-12H2,1H3,(H,27,28)/t16-,22-/m0/s1. The summed E-state index contributed by atoms with van der Waals surface area (Å²) in [4.78, 5) is 6.49. The Morgan fingerprint density at radius 2 is 1.97 bits per heavy atom. The molecule has 2 saturated heterocycles. The molecule has 1 spiro atoms. The van der Waals surface area contributed by atoms with E-state index in [1.165, 1.54) is 12.1 Å². The van der Waals surface area contributed by atoms with Gasteiger partial charge in [-0.05, 0) is 37.3 Å². The highest BCUT2D eigenvalue weighted by atomic mass is 35.5. The van der Waals surface area contributed by atoms with Crippen LogP contribution in [-0.4, -0.2) is 50.5 Å². The van der Waals surface area contributed by atoms with Gasteiger partial charge in [-0.1, -0.05) is 24.6 Å². The molecule has 0 amide bonds. The van der Waals surface area contributed by atoms with Gasteiger partial charge in [-0.25, -0.2) is 22.2 Å². The number of rotatable bonds is 5. The van der Waals surface area contributed by atoms with Crippen LogP contribution in [0.2, 0.25) is 5.02 Å². The molecule has 1 aromatic carbocycles. The zero-order valence-corrected chi connectivity index (χ0v) is 19.6. The zero-order chi connectivity index (χ0) is 23.5. The number of anilines is 2. The van der Waals surface area contributed by atoms with E-state index in [9.17, 15) is 17.2 Å². The third kappa shape index (κ3) is 3.85. The van der Waals surface area contributed by atoms with Gasteiger partial charge in [0, 0.05) is 43.7 Å². The Hall–Kier alpha value is -2.04. The minimum atomic E-state index is -4.73. The van der Waals surface area contributed by atoms with Gasteiger partial charge in [-0.15, -0.1) is 0 Å². The minimum absolute atomic E-state index is 0.0752. The minimum Gasteiger partial charge on any atom is -0.370 e. The summed E-state index contributed by atoms with van der Waals surface area (Å²) < 4.78 is 70.6. The lowest BCUT2D eigenvalue weighted by Crippen LogP contribution is -2.62. The summed E-state index contributed by atoms with van der Waals surface area (Å²) in [5.41, 5.74) is 0.222. The van der Waals surface area contributed by atoms with Gasteiger partial charge in [-0.3, -0.25) is 9.62 Å². The second-order valence-corrected chi connectivity index (χ2v) is 11.4. The fraction of sp³-hybridized carbons (Fsp3) is 0.500. The molecule has 1 aromatic heterocycles. The van der Waals surface area contributed by atoms with E-state index in [1.54, 1.807) is 0 Å². The maximum absolute atomic E-state index is 15.1. The Kier molecular flexibility index (Phi) is 5.53. The number of sulfonamides is 1. The highest BCUT2D eigenvalue weighted by Gasteiger charge is 2.54. The number of likely N-dealkylation sites (tertiary alicyclic amines) is 1. The molecule has 33 heavy (non-hydrogen) atoms. The number of benzene rings is 1. The van der Waals surface area contributed by atoms with Gasteiger partial charge >= 0.3 is 0 Å². The van der Waals surface area contributed by atoms with Crippen LogP contribution < -0.4 is 9.62 Å². The first-order chi connectivity index (χ1) is 15.6. The molecule has 2 aliphatic heterocycles. The van der Waals surface area contributed by atoms with Crippen molar-refractivity contribution in [1.82, 2.24) is 9.88 Å².